The topological polar surface area (TPSA) is 141 Å². The van der Waals surface area contributed by atoms with Crippen LogP contribution in [0.15, 0.2) is 5.16 Å². The molecule has 0 spiro atoms. The second kappa shape index (κ2) is 7.41. The molecule has 0 fully saturated rings. The summed E-state index contributed by atoms with van der Waals surface area (Å²) in [5.41, 5.74) is 4.00. The van der Waals surface area contributed by atoms with Gasteiger partial charge < -0.3 is 30.5 Å². The van der Waals surface area contributed by atoms with Crippen molar-refractivity contribution in [2.75, 3.05) is 14.2 Å². The molecule has 140 valence electrons. The Labute approximate surface area is 146 Å². The molecule has 10 nitrogen and oxygen atoms in total. The Hall–Kier alpha value is -2.78. The van der Waals surface area contributed by atoms with Crippen molar-refractivity contribution in [3.63, 3.8) is 0 Å². The van der Waals surface area contributed by atoms with Crippen LogP contribution in [0.4, 0.5) is 4.79 Å². The molecular weight excluding hydrogens is 330 g/mol. The van der Waals surface area contributed by atoms with E-state index in [1.165, 1.54) is 14.2 Å². The van der Waals surface area contributed by atoms with Crippen molar-refractivity contribution in [2.45, 2.75) is 45.8 Å². The zero-order valence-corrected chi connectivity index (χ0v) is 15.5. The fourth-order valence-electron chi connectivity index (χ4n) is 1.87. The molecule has 1 aromatic heterocycles. The Morgan fingerprint density at radius 3 is 2.20 bits per heavy atom. The fourth-order valence-corrected chi connectivity index (χ4v) is 1.87. The summed E-state index contributed by atoms with van der Waals surface area (Å²) in [5, 5.41) is 14.6. The first-order valence-electron chi connectivity index (χ1n) is 7.44. The maximum absolute atomic E-state index is 12.1. The number of hydrogen-bond donors (Lipinski definition) is 3. The molecule has 25 heavy (non-hydrogen) atoms. The highest BCUT2D eigenvalue weighted by Gasteiger charge is 2.32. The molecule has 0 saturated carbocycles. The van der Waals surface area contributed by atoms with Gasteiger partial charge in [0, 0.05) is 0 Å². The first kappa shape index (κ1) is 20.3. The van der Waals surface area contributed by atoms with E-state index in [9.17, 15) is 4.79 Å². The van der Waals surface area contributed by atoms with E-state index in [4.69, 9.17) is 25.2 Å². The molecule has 0 atom stereocenters. The predicted octanol–water partition coefficient (Wildman–Crippen LogP) is 1.35. The van der Waals surface area contributed by atoms with Gasteiger partial charge in [0.2, 0.25) is 5.75 Å². The standard InChI is InChI=1S/C15H25N5O5/c1-14(2,3)25-13(21)19-15(4,5)12-17-8(10(16)20-22)9(23-6)11(18-12)24-7/h22H,1-7H3,(H2,16,20)(H,19,21). The summed E-state index contributed by atoms with van der Waals surface area (Å²) in [6.07, 6.45) is -0.638. The van der Waals surface area contributed by atoms with Gasteiger partial charge in [-0.05, 0) is 34.6 Å². The number of hydrogen-bond acceptors (Lipinski definition) is 8. The number of nitrogens with two attached hydrogens (primary N) is 1. The Kier molecular flexibility index (Phi) is 6.01. The van der Waals surface area contributed by atoms with Gasteiger partial charge >= 0.3 is 6.09 Å². The molecule has 0 aliphatic rings. The first-order valence-corrected chi connectivity index (χ1v) is 7.44. The minimum Gasteiger partial charge on any atom is -0.490 e. The van der Waals surface area contributed by atoms with Gasteiger partial charge in [-0.2, -0.15) is 4.98 Å². The lowest BCUT2D eigenvalue weighted by molar-refractivity contribution is 0.0465. The van der Waals surface area contributed by atoms with E-state index in [1.807, 2.05) is 0 Å². The van der Waals surface area contributed by atoms with Gasteiger partial charge in [-0.3, -0.25) is 0 Å². The highest BCUT2D eigenvalue weighted by molar-refractivity contribution is 5.98. The van der Waals surface area contributed by atoms with Gasteiger partial charge in [0.1, 0.15) is 5.60 Å². The van der Waals surface area contributed by atoms with Crippen LogP contribution in [-0.2, 0) is 10.3 Å². The number of ether oxygens (including phenoxy) is 3. The summed E-state index contributed by atoms with van der Waals surface area (Å²) in [6.45, 7) is 8.61. The highest BCUT2D eigenvalue weighted by atomic mass is 16.6. The van der Waals surface area contributed by atoms with Crippen molar-refractivity contribution in [1.82, 2.24) is 15.3 Å². The Morgan fingerprint density at radius 1 is 1.16 bits per heavy atom. The van der Waals surface area contributed by atoms with Crippen molar-refractivity contribution >= 4 is 11.9 Å². The predicted molar refractivity (Wildman–Crippen MR) is 90.0 cm³/mol. The van der Waals surface area contributed by atoms with E-state index in [-0.39, 0.29) is 29.0 Å². The number of alkyl carbamates (subject to hydrolysis) is 1. The Morgan fingerprint density at radius 2 is 1.76 bits per heavy atom. The molecule has 1 heterocycles. The third-order valence-corrected chi connectivity index (χ3v) is 2.95. The van der Waals surface area contributed by atoms with Gasteiger partial charge in [-0.1, -0.05) is 5.16 Å². The lowest BCUT2D eigenvalue weighted by Gasteiger charge is -2.28. The van der Waals surface area contributed by atoms with Crippen molar-refractivity contribution in [2.24, 2.45) is 10.9 Å². The van der Waals surface area contributed by atoms with Crippen LogP contribution in [0.5, 0.6) is 11.6 Å². The highest BCUT2D eigenvalue weighted by Crippen LogP contribution is 2.30. The van der Waals surface area contributed by atoms with Gasteiger partial charge in [-0.15, -0.1) is 0 Å². The number of oxime groups is 1. The number of aromatic nitrogens is 2. The van der Waals surface area contributed by atoms with E-state index in [2.05, 4.69) is 20.4 Å². The number of carbonyl (C=O) groups is 1. The van der Waals surface area contributed by atoms with Crippen molar-refractivity contribution < 1.29 is 24.2 Å². The maximum atomic E-state index is 12.1. The van der Waals surface area contributed by atoms with Gasteiger partial charge in [-0.25, -0.2) is 9.78 Å². The lowest BCUT2D eigenvalue weighted by atomic mass is 10.0. The van der Waals surface area contributed by atoms with Crippen LogP contribution in [0.3, 0.4) is 0 Å². The maximum Gasteiger partial charge on any atom is 0.408 e. The molecule has 10 heteroatoms. The van der Waals surface area contributed by atoms with E-state index in [0.717, 1.165) is 0 Å². The second-order valence-electron chi connectivity index (χ2n) is 6.68. The summed E-state index contributed by atoms with van der Waals surface area (Å²) < 4.78 is 15.6. The molecule has 4 N–H and O–H groups in total. The van der Waals surface area contributed by atoms with Gasteiger partial charge in [0.05, 0.1) is 19.8 Å². The van der Waals surface area contributed by atoms with Crippen molar-refractivity contribution in [1.29, 1.82) is 0 Å². The molecule has 0 aromatic carbocycles. The monoisotopic (exact) mass is 355 g/mol. The van der Waals surface area contributed by atoms with E-state index >= 15 is 0 Å². The summed E-state index contributed by atoms with van der Waals surface area (Å²) in [5.74, 6) is 0.0623. The molecule has 0 aliphatic heterocycles. The van der Waals surface area contributed by atoms with Crippen molar-refractivity contribution in [3.8, 4) is 11.6 Å². The Bertz CT molecular complexity index is 667. The van der Waals surface area contributed by atoms with Gasteiger partial charge in [0.15, 0.2) is 17.4 Å². The zero-order valence-electron chi connectivity index (χ0n) is 15.5. The Balaban J connectivity index is 3.33. The third-order valence-electron chi connectivity index (χ3n) is 2.95. The van der Waals surface area contributed by atoms with Crippen LogP contribution in [0.25, 0.3) is 0 Å². The summed E-state index contributed by atoms with van der Waals surface area (Å²) >= 11 is 0. The quantitative estimate of drug-likeness (QED) is 0.311. The van der Waals surface area contributed by atoms with Crippen LogP contribution in [0.2, 0.25) is 0 Å². The molecule has 1 rings (SSSR count). The number of amidine groups is 1. The molecule has 1 amide bonds. The molecule has 0 bridgehead atoms. The smallest absolute Gasteiger partial charge is 0.408 e. The lowest BCUT2D eigenvalue weighted by Crippen LogP contribution is -2.45. The normalized spacial score (nSPS) is 12.5. The van der Waals surface area contributed by atoms with Crippen LogP contribution >= 0.6 is 0 Å². The van der Waals surface area contributed by atoms with Crippen LogP contribution in [0, 0.1) is 0 Å². The number of amides is 1. The fraction of sp³-hybridized carbons (Fsp3) is 0.600. The molecule has 0 radical (unpaired) electrons. The SMILES string of the molecule is COc1nc(C(C)(C)NC(=O)OC(C)(C)C)nc(/C(N)=N/O)c1OC. The average Bonchev–Trinajstić information content (AvgIpc) is 2.49. The van der Waals surface area contributed by atoms with Crippen LogP contribution in [0.1, 0.15) is 46.1 Å². The number of methoxy groups -OCH3 is 2. The number of nitrogens with zero attached hydrogens (tertiary/aromatic N) is 3. The minimum atomic E-state index is -1.04. The number of carbonyl (C=O) groups excluding carboxylic acids is 1. The largest absolute Gasteiger partial charge is 0.490 e. The van der Waals surface area contributed by atoms with Crippen LogP contribution < -0.4 is 20.5 Å². The summed E-state index contributed by atoms with van der Waals surface area (Å²) in [4.78, 5) is 20.5. The first-order chi connectivity index (χ1) is 11.4. The van der Waals surface area contributed by atoms with Crippen LogP contribution in [-0.4, -0.2) is 46.9 Å². The summed E-state index contributed by atoms with van der Waals surface area (Å²) in [7, 11) is 2.76. The van der Waals surface area contributed by atoms with E-state index < -0.39 is 17.2 Å². The van der Waals surface area contributed by atoms with E-state index in [0.29, 0.717) is 0 Å². The number of nitrogens with one attached hydrogen (secondary N) is 1. The summed E-state index contributed by atoms with van der Waals surface area (Å²) in [6, 6.07) is 0. The minimum absolute atomic E-state index is 0.0333. The zero-order chi connectivity index (χ0) is 19.4. The molecule has 0 unspecified atom stereocenters. The molecule has 0 aliphatic carbocycles. The molecule has 0 saturated heterocycles. The molecular formula is C15H25N5O5. The van der Waals surface area contributed by atoms with E-state index in [1.54, 1.807) is 34.6 Å². The second-order valence-corrected chi connectivity index (χ2v) is 6.68. The number of rotatable bonds is 5. The third kappa shape index (κ3) is 5.10. The molecule has 1 aromatic rings. The van der Waals surface area contributed by atoms with Gasteiger partial charge in [0.25, 0.3) is 5.88 Å². The van der Waals surface area contributed by atoms with Crippen molar-refractivity contribution in [3.05, 3.63) is 11.5 Å². The average molecular weight is 355 g/mol.